The van der Waals surface area contributed by atoms with Crippen LogP contribution < -0.4 is 10.6 Å². The minimum Gasteiger partial charge on any atom is -0.338 e. The molecule has 4 nitrogen and oxygen atoms in total. The number of amides is 2. The number of urea groups is 1. The van der Waals surface area contributed by atoms with Gasteiger partial charge in [-0.15, -0.1) is 0 Å². The van der Waals surface area contributed by atoms with Gasteiger partial charge in [0, 0.05) is 26.2 Å². The molecule has 1 atom stereocenters. The van der Waals surface area contributed by atoms with Gasteiger partial charge in [0.2, 0.25) is 0 Å². The van der Waals surface area contributed by atoms with Crippen LogP contribution in [0.15, 0.2) is 0 Å². The predicted molar refractivity (Wildman–Crippen MR) is 62.0 cm³/mol. The zero-order valence-corrected chi connectivity index (χ0v) is 9.88. The molecule has 1 fully saturated rings. The zero-order valence-electron chi connectivity index (χ0n) is 9.88. The highest BCUT2D eigenvalue weighted by atomic mass is 16.2. The van der Waals surface area contributed by atoms with E-state index in [9.17, 15) is 4.79 Å². The summed E-state index contributed by atoms with van der Waals surface area (Å²) in [6.07, 6.45) is 4.60. The van der Waals surface area contributed by atoms with Crippen molar-refractivity contribution in [1.29, 1.82) is 0 Å². The quantitative estimate of drug-likeness (QED) is 0.674. The number of unbranched alkanes of at least 4 members (excludes halogenated alkanes) is 1. The Kier molecular flexibility index (Phi) is 5.47. The Morgan fingerprint density at radius 1 is 1.60 bits per heavy atom. The Morgan fingerprint density at radius 2 is 2.40 bits per heavy atom. The largest absolute Gasteiger partial charge is 0.338 e. The fraction of sp³-hybridized carbons (Fsp3) is 0.909. The third-order valence-electron chi connectivity index (χ3n) is 2.81. The molecule has 1 unspecified atom stereocenters. The molecule has 0 spiro atoms. The number of hydrogen-bond donors (Lipinski definition) is 2. The van der Waals surface area contributed by atoms with Gasteiger partial charge in [-0.3, -0.25) is 0 Å². The summed E-state index contributed by atoms with van der Waals surface area (Å²) in [6.45, 7) is 4.82. The normalized spacial score (nSPS) is 20.3. The lowest BCUT2D eigenvalue weighted by molar-refractivity contribution is 0.204. The number of nitrogens with one attached hydrogen (secondary N) is 2. The van der Waals surface area contributed by atoms with Crippen LogP contribution in [-0.4, -0.2) is 43.7 Å². The topological polar surface area (TPSA) is 44.4 Å². The maximum Gasteiger partial charge on any atom is 0.317 e. The van der Waals surface area contributed by atoms with E-state index in [0.717, 1.165) is 32.5 Å². The first-order valence-electron chi connectivity index (χ1n) is 5.96. The van der Waals surface area contributed by atoms with Crippen LogP contribution in [-0.2, 0) is 0 Å². The molecule has 0 aliphatic carbocycles. The molecule has 2 N–H and O–H groups in total. The summed E-state index contributed by atoms with van der Waals surface area (Å²) in [7, 11) is 1.86. The highest BCUT2D eigenvalue weighted by Crippen LogP contribution is 2.05. The van der Waals surface area contributed by atoms with Crippen molar-refractivity contribution in [3.8, 4) is 0 Å². The zero-order chi connectivity index (χ0) is 11.1. The van der Waals surface area contributed by atoms with Crippen LogP contribution in [0.5, 0.6) is 0 Å². The van der Waals surface area contributed by atoms with Gasteiger partial charge in [-0.05, 0) is 25.8 Å². The Morgan fingerprint density at radius 3 is 3.00 bits per heavy atom. The summed E-state index contributed by atoms with van der Waals surface area (Å²) >= 11 is 0. The van der Waals surface area contributed by atoms with Crippen LogP contribution in [0.4, 0.5) is 4.79 Å². The lowest BCUT2D eigenvalue weighted by atomic mass is 10.2. The monoisotopic (exact) mass is 213 g/mol. The van der Waals surface area contributed by atoms with Gasteiger partial charge in [-0.1, -0.05) is 13.3 Å². The van der Waals surface area contributed by atoms with E-state index in [0.29, 0.717) is 6.04 Å². The minimum atomic E-state index is 0.0529. The Hall–Kier alpha value is -0.770. The highest BCUT2D eigenvalue weighted by molar-refractivity contribution is 5.73. The van der Waals surface area contributed by atoms with E-state index in [2.05, 4.69) is 17.6 Å². The molecule has 1 saturated heterocycles. The van der Waals surface area contributed by atoms with Crippen molar-refractivity contribution in [3.63, 3.8) is 0 Å². The van der Waals surface area contributed by atoms with E-state index in [1.54, 1.807) is 4.90 Å². The first-order valence-corrected chi connectivity index (χ1v) is 5.96. The second-order valence-corrected chi connectivity index (χ2v) is 4.26. The molecule has 1 aliphatic rings. The van der Waals surface area contributed by atoms with Gasteiger partial charge in [0.1, 0.15) is 0 Å². The molecule has 1 rings (SSSR count). The molecular weight excluding hydrogens is 190 g/mol. The number of likely N-dealkylation sites (N-methyl/N-ethyl adjacent to an activating group) is 1. The molecule has 2 amide bonds. The van der Waals surface area contributed by atoms with Gasteiger partial charge in [-0.2, -0.15) is 0 Å². The number of rotatable bonds is 5. The molecule has 0 aromatic carbocycles. The first kappa shape index (κ1) is 12.3. The third kappa shape index (κ3) is 4.51. The summed E-state index contributed by atoms with van der Waals surface area (Å²) in [4.78, 5) is 13.4. The minimum absolute atomic E-state index is 0.0529. The summed E-state index contributed by atoms with van der Waals surface area (Å²) in [5, 5.41) is 6.30. The summed E-state index contributed by atoms with van der Waals surface area (Å²) in [5.74, 6) is 0. The van der Waals surface area contributed by atoms with Crippen LogP contribution >= 0.6 is 0 Å². The van der Waals surface area contributed by atoms with Crippen molar-refractivity contribution >= 4 is 6.03 Å². The summed E-state index contributed by atoms with van der Waals surface area (Å²) < 4.78 is 0. The maximum atomic E-state index is 11.6. The number of carbonyl (C=O) groups excluding carboxylic acids is 1. The second-order valence-electron chi connectivity index (χ2n) is 4.26. The fourth-order valence-electron chi connectivity index (χ4n) is 1.83. The van der Waals surface area contributed by atoms with Crippen LogP contribution in [0.1, 0.15) is 32.6 Å². The maximum absolute atomic E-state index is 11.6. The second kappa shape index (κ2) is 6.67. The van der Waals surface area contributed by atoms with E-state index >= 15 is 0 Å². The third-order valence-corrected chi connectivity index (χ3v) is 2.81. The molecule has 4 heteroatoms. The van der Waals surface area contributed by atoms with E-state index < -0.39 is 0 Å². The van der Waals surface area contributed by atoms with Crippen molar-refractivity contribution in [2.75, 3.05) is 26.7 Å². The van der Waals surface area contributed by atoms with Gasteiger partial charge < -0.3 is 15.5 Å². The smallest absolute Gasteiger partial charge is 0.317 e. The number of carbonyl (C=O) groups is 1. The van der Waals surface area contributed by atoms with Crippen molar-refractivity contribution in [2.24, 2.45) is 0 Å². The first-order chi connectivity index (χ1) is 7.24. The molecule has 0 aromatic rings. The van der Waals surface area contributed by atoms with Gasteiger partial charge in [0.05, 0.1) is 0 Å². The molecule has 0 bridgehead atoms. The fourth-order valence-corrected chi connectivity index (χ4v) is 1.83. The molecule has 15 heavy (non-hydrogen) atoms. The van der Waals surface area contributed by atoms with Gasteiger partial charge >= 0.3 is 6.03 Å². The average Bonchev–Trinajstić information content (AvgIpc) is 2.70. The molecule has 1 aliphatic heterocycles. The van der Waals surface area contributed by atoms with Crippen molar-refractivity contribution < 1.29 is 4.79 Å². The Balaban J connectivity index is 2.14. The molecular formula is C11H23N3O. The van der Waals surface area contributed by atoms with Crippen molar-refractivity contribution in [1.82, 2.24) is 15.5 Å². The summed E-state index contributed by atoms with van der Waals surface area (Å²) in [5.41, 5.74) is 0. The van der Waals surface area contributed by atoms with Gasteiger partial charge in [0.25, 0.3) is 0 Å². The Labute approximate surface area is 92.4 Å². The lowest BCUT2D eigenvalue weighted by Gasteiger charge is -2.21. The van der Waals surface area contributed by atoms with E-state index in [-0.39, 0.29) is 6.03 Å². The average molecular weight is 213 g/mol. The van der Waals surface area contributed by atoms with Crippen LogP contribution in [0.25, 0.3) is 0 Å². The van der Waals surface area contributed by atoms with Crippen molar-refractivity contribution in [3.05, 3.63) is 0 Å². The molecule has 0 radical (unpaired) electrons. The van der Waals surface area contributed by atoms with E-state index in [1.165, 1.54) is 12.8 Å². The van der Waals surface area contributed by atoms with Crippen LogP contribution in [0.2, 0.25) is 0 Å². The highest BCUT2D eigenvalue weighted by Gasteiger charge is 2.18. The van der Waals surface area contributed by atoms with E-state index in [1.807, 2.05) is 7.05 Å². The van der Waals surface area contributed by atoms with Crippen LogP contribution in [0, 0.1) is 0 Å². The Bertz CT molecular complexity index is 190. The summed E-state index contributed by atoms with van der Waals surface area (Å²) in [6, 6.07) is 0.545. The molecule has 88 valence electrons. The SMILES string of the molecule is CCCCNC(=O)N(C)CC1CCCN1. The van der Waals surface area contributed by atoms with Gasteiger partial charge in [0.15, 0.2) is 0 Å². The lowest BCUT2D eigenvalue weighted by Crippen LogP contribution is -2.43. The molecule has 0 saturated carbocycles. The number of hydrogen-bond acceptors (Lipinski definition) is 2. The predicted octanol–water partition coefficient (Wildman–Crippen LogP) is 1.18. The standard InChI is InChI=1S/C11H23N3O/c1-3-4-7-13-11(15)14(2)9-10-6-5-8-12-10/h10,12H,3-9H2,1-2H3,(H,13,15). The van der Waals surface area contributed by atoms with Crippen molar-refractivity contribution in [2.45, 2.75) is 38.6 Å². The van der Waals surface area contributed by atoms with Gasteiger partial charge in [-0.25, -0.2) is 4.79 Å². The van der Waals surface area contributed by atoms with E-state index in [4.69, 9.17) is 0 Å². The van der Waals surface area contributed by atoms with Crippen LogP contribution in [0.3, 0.4) is 0 Å². The molecule has 0 aromatic heterocycles. The number of nitrogens with zero attached hydrogens (tertiary/aromatic N) is 1. The molecule has 1 heterocycles.